The van der Waals surface area contributed by atoms with Crippen molar-refractivity contribution in [2.24, 2.45) is 0 Å². The van der Waals surface area contributed by atoms with E-state index in [1.54, 1.807) is 19.1 Å². The highest BCUT2D eigenvalue weighted by molar-refractivity contribution is 5.90. The maximum Gasteiger partial charge on any atom is 0.290 e. The average molecular weight is 368 g/mol. The molecule has 2 heterocycles. The molecule has 27 heavy (non-hydrogen) atoms. The van der Waals surface area contributed by atoms with Gasteiger partial charge in [-0.25, -0.2) is 14.1 Å². The Labute approximate surface area is 154 Å². The first-order valence-corrected chi connectivity index (χ1v) is 8.46. The number of hydrogen-bond donors (Lipinski definition) is 1. The fourth-order valence-electron chi connectivity index (χ4n) is 2.81. The van der Waals surface area contributed by atoms with Gasteiger partial charge in [-0.2, -0.15) is 0 Å². The number of carbonyl (C=O) groups is 1. The summed E-state index contributed by atoms with van der Waals surface area (Å²) in [7, 11) is 0. The summed E-state index contributed by atoms with van der Waals surface area (Å²) in [5.74, 6) is 1.37. The lowest BCUT2D eigenvalue weighted by Gasteiger charge is -2.04. The average Bonchev–Trinajstić information content (AvgIpc) is 3.28. The van der Waals surface area contributed by atoms with E-state index in [1.807, 2.05) is 18.2 Å². The molecule has 1 amide bonds. The zero-order valence-corrected chi connectivity index (χ0v) is 14.6. The van der Waals surface area contributed by atoms with Crippen LogP contribution < -0.4 is 14.8 Å². The molecular formula is C19H17FN4O3. The van der Waals surface area contributed by atoms with Gasteiger partial charge in [-0.1, -0.05) is 6.07 Å². The van der Waals surface area contributed by atoms with E-state index in [0.29, 0.717) is 30.2 Å². The van der Waals surface area contributed by atoms with Crippen molar-refractivity contribution in [3.05, 3.63) is 65.5 Å². The Kier molecular flexibility index (Phi) is 4.45. The molecule has 1 N–H and O–H groups in total. The van der Waals surface area contributed by atoms with Crippen LogP contribution in [0.15, 0.2) is 42.5 Å². The molecule has 0 spiro atoms. The number of halogens is 1. The summed E-state index contributed by atoms with van der Waals surface area (Å²) in [4.78, 5) is 16.5. The second-order valence-corrected chi connectivity index (χ2v) is 6.06. The molecule has 0 saturated heterocycles. The zero-order valence-electron chi connectivity index (χ0n) is 14.6. The van der Waals surface area contributed by atoms with E-state index >= 15 is 0 Å². The quantitative estimate of drug-likeness (QED) is 0.748. The molecule has 0 saturated carbocycles. The van der Waals surface area contributed by atoms with E-state index in [9.17, 15) is 9.18 Å². The van der Waals surface area contributed by atoms with Gasteiger partial charge in [0, 0.05) is 6.54 Å². The Bertz CT molecular complexity index is 985. The third kappa shape index (κ3) is 3.59. The zero-order chi connectivity index (χ0) is 18.8. The molecule has 0 bridgehead atoms. The second kappa shape index (κ2) is 7.06. The number of aryl methyl sites for hydroxylation is 1. The molecule has 1 aromatic heterocycles. The first-order chi connectivity index (χ1) is 13.1. The standard InChI is InChI=1S/C19H17FN4O3/c1-12-22-18(23-24(12)15-5-3-14(20)4-6-15)19(25)21-9-8-13-2-7-16-17(10-13)27-11-26-16/h2-7,10H,8-9,11H2,1H3,(H,21,25). The lowest BCUT2D eigenvalue weighted by molar-refractivity contribution is 0.0944. The Morgan fingerprint density at radius 1 is 1.19 bits per heavy atom. The first-order valence-electron chi connectivity index (χ1n) is 8.46. The summed E-state index contributed by atoms with van der Waals surface area (Å²) in [6.45, 7) is 2.40. The maximum atomic E-state index is 13.1. The van der Waals surface area contributed by atoms with Crippen LogP contribution in [0.4, 0.5) is 4.39 Å². The van der Waals surface area contributed by atoms with Crippen LogP contribution in [0.25, 0.3) is 5.69 Å². The van der Waals surface area contributed by atoms with E-state index in [1.165, 1.54) is 16.8 Å². The smallest absolute Gasteiger partial charge is 0.290 e. The molecule has 0 aliphatic carbocycles. The molecule has 1 aliphatic rings. The van der Waals surface area contributed by atoms with E-state index in [-0.39, 0.29) is 24.3 Å². The highest BCUT2D eigenvalue weighted by atomic mass is 19.1. The predicted molar refractivity (Wildman–Crippen MR) is 94.7 cm³/mol. The van der Waals surface area contributed by atoms with Gasteiger partial charge in [0.2, 0.25) is 12.6 Å². The van der Waals surface area contributed by atoms with Crippen LogP contribution in [-0.4, -0.2) is 34.0 Å². The van der Waals surface area contributed by atoms with Gasteiger partial charge in [-0.15, -0.1) is 5.10 Å². The number of aromatic nitrogens is 3. The van der Waals surface area contributed by atoms with Gasteiger partial charge in [0.1, 0.15) is 11.6 Å². The normalized spacial score (nSPS) is 12.2. The Hall–Kier alpha value is -3.42. The van der Waals surface area contributed by atoms with Gasteiger partial charge in [-0.05, 0) is 55.3 Å². The van der Waals surface area contributed by atoms with Gasteiger partial charge < -0.3 is 14.8 Å². The molecule has 3 aromatic rings. The van der Waals surface area contributed by atoms with Gasteiger partial charge >= 0.3 is 0 Å². The minimum atomic E-state index is -0.361. The third-order valence-corrected chi connectivity index (χ3v) is 4.18. The molecule has 8 heteroatoms. The first kappa shape index (κ1) is 17.0. The fraction of sp³-hybridized carbons (Fsp3) is 0.211. The third-order valence-electron chi connectivity index (χ3n) is 4.18. The van der Waals surface area contributed by atoms with Crippen molar-refractivity contribution in [2.75, 3.05) is 13.3 Å². The van der Waals surface area contributed by atoms with Gasteiger partial charge in [0.05, 0.1) is 5.69 Å². The second-order valence-electron chi connectivity index (χ2n) is 6.06. The SMILES string of the molecule is Cc1nc(C(=O)NCCc2ccc3c(c2)OCO3)nn1-c1ccc(F)cc1. The number of nitrogens with one attached hydrogen (secondary N) is 1. The van der Waals surface area contributed by atoms with Crippen molar-refractivity contribution < 1.29 is 18.7 Å². The van der Waals surface area contributed by atoms with Crippen LogP contribution in [0.5, 0.6) is 11.5 Å². The number of amides is 1. The van der Waals surface area contributed by atoms with E-state index < -0.39 is 0 Å². The number of nitrogens with zero attached hydrogens (tertiary/aromatic N) is 3. The largest absolute Gasteiger partial charge is 0.454 e. The lowest BCUT2D eigenvalue weighted by atomic mass is 10.1. The number of carbonyl (C=O) groups excluding carboxylic acids is 1. The summed E-state index contributed by atoms with van der Waals surface area (Å²) in [6, 6.07) is 11.5. The van der Waals surface area contributed by atoms with E-state index in [2.05, 4.69) is 15.4 Å². The monoisotopic (exact) mass is 368 g/mol. The number of fused-ring (bicyclic) bond motifs is 1. The maximum absolute atomic E-state index is 13.1. The highest BCUT2D eigenvalue weighted by Crippen LogP contribution is 2.32. The molecule has 0 radical (unpaired) electrons. The van der Waals surface area contributed by atoms with Crippen LogP contribution in [0.1, 0.15) is 22.0 Å². The predicted octanol–water partition coefficient (Wildman–Crippen LogP) is 2.42. The molecule has 2 aromatic carbocycles. The lowest BCUT2D eigenvalue weighted by Crippen LogP contribution is -2.26. The van der Waals surface area contributed by atoms with Crippen LogP contribution in [-0.2, 0) is 6.42 Å². The van der Waals surface area contributed by atoms with Crippen LogP contribution in [0.2, 0.25) is 0 Å². The summed E-state index contributed by atoms with van der Waals surface area (Å²) in [6.07, 6.45) is 0.639. The van der Waals surface area contributed by atoms with Gasteiger partial charge in [0.15, 0.2) is 11.5 Å². The molecule has 0 fully saturated rings. The van der Waals surface area contributed by atoms with E-state index in [0.717, 1.165) is 11.3 Å². The molecule has 4 rings (SSSR count). The fourth-order valence-corrected chi connectivity index (χ4v) is 2.81. The summed E-state index contributed by atoms with van der Waals surface area (Å²) < 4.78 is 25.2. The van der Waals surface area contributed by atoms with Crippen molar-refractivity contribution in [1.29, 1.82) is 0 Å². The van der Waals surface area contributed by atoms with Crippen LogP contribution >= 0.6 is 0 Å². The number of benzene rings is 2. The van der Waals surface area contributed by atoms with E-state index in [4.69, 9.17) is 9.47 Å². The van der Waals surface area contributed by atoms with Crippen molar-refractivity contribution in [3.8, 4) is 17.2 Å². The molecule has 7 nitrogen and oxygen atoms in total. The summed E-state index contributed by atoms with van der Waals surface area (Å²) in [5.41, 5.74) is 1.67. The highest BCUT2D eigenvalue weighted by Gasteiger charge is 2.16. The Morgan fingerprint density at radius 2 is 1.96 bits per heavy atom. The van der Waals surface area contributed by atoms with Crippen molar-refractivity contribution in [1.82, 2.24) is 20.1 Å². The van der Waals surface area contributed by atoms with Crippen molar-refractivity contribution in [3.63, 3.8) is 0 Å². The minimum Gasteiger partial charge on any atom is -0.454 e. The van der Waals surface area contributed by atoms with Crippen molar-refractivity contribution >= 4 is 5.91 Å². The topological polar surface area (TPSA) is 78.3 Å². The molecule has 0 atom stereocenters. The molecule has 138 valence electrons. The molecule has 0 unspecified atom stereocenters. The van der Waals surface area contributed by atoms with Crippen molar-refractivity contribution in [2.45, 2.75) is 13.3 Å². The minimum absolute atomic E-state index is 0.0718. The Balaban J connectivity index is 1.38. The number of rotatable bonds is 5. The van der Waals surface area contributed by atoms with Gasteiger partial charge in [0.25, 0.3) is 5.91 Å². The van der Waals surface area contributed by atoms with Crippen LogP contribution in [0.3, 0.4) is 0 Å². The van der Waals surface area contributed by atoms with Gasteiger partial charge in [-0.3, -0.25) is 4.79 Å². The van der Waals surface area contributed by atoms with Crippen LogP contribution in [0, 0.1) is 12.7 Å². The molecule has 1 aliphatic heterocycles. The summed E-state index contributed by atoms with van der Waals surface area (Å²) in [5, 5.41) is 7.02. The Morgan fingerprint density at radius 3 is 2.78 bits per heavy atom. The number of hydrogen-bond acceptors (Lipinski definition) is 5. The molecular weight excluding hydrogens is 351 g/mol. The summed E-state index contributed by atoms with van der Waals surface area (Å²) >= 11 is 0. The number of ether oxygens (including phenoxy) is 2.